The first-order chi connectivity index (χ1) is 12.5. The number of aliphatic carboxylic acids is 1. The largest absolute Gasteiger partial charge is 0.481 e. The maximum absolute atomic E-state index is 12.6. The summed E-state index contributed by atoms with van der Waals surface area (Å²) in [4.78, 5) is 25.1. The van der Waals surface area contributed by atoms with Gasteiger partial charge in [0.25, 0.3) is 5.91 Å². The molecule has 1 saturated heterocycles. The predicted molar refractivity (Wildman–Crippen MR) is 104 cm³/mol. The van der Waals surface area contributed by atoms with Gasteiger partial charge in [0, 0.05) is 35.8 Å². The monoisotopic (exact) mass is 385 g/mol. The molecule has 1 N–H and O–H groups in total. The fourth-order valence-corrected chi connectivity index (χ4v) is 4.09. The first kappa shape index (κ1) is 18.2. The Kier molecular flexibility index (Phi) is 5.40. The Hall–Kier alpha value is -2.63. The summed E-state index contributed by atoms with van der Waals surface area (Å²) in [5, 5.41) is 18.6. The lowest BCUT2D eigenvalue weighted by atomic mass is 10.1. The topological polar surface area (TPSA) is 86.3 Å². The van der Waals surface area contributed by atoms with Crippen LogP contribution in [-0.2, 0) is 16.1 Å². The third-order valence-corrected chi connectivity index (χ3v) is 5.37. The highest BCUT2D eigenvalue weighted by Crippen LogP contribution is 2.34. The highest BCUT2D eigenvalue weighted by molar-refractivity contribution is 8.26. The van der Waals surface area contributed by atoms with Crippen molar-refractivity contribution in [3.8, 4) is 6.07 Å². The molecule has 132 valence electrons. The highest BCUT2D eigenvalue weighted by Gasteiger charge is 2.32. The number of rotatable bonds is 6. The van der Waals surface area contributed by atoms with Crippen LogP contribution in [0, 0.1) is 11.3 Å². The summed E-state index contributed by atoms with van der Waals surface area (Å²) in [5.74, 6) is -1.24. The Balaban J connectivity index is 1.93. The van der Waals surface area contributed by atoms with Crippen LogP contribution in [0.4, 0.5) is 0 Å². The lowest BCUT2D eigenvalue weighted by molar-refractivity contribution is -0.137. The van der Waals surface area contributed by atoms with Gasteiger partial charge < -0.3 is 9.67 Å². The number of carbonyl (C=O) groups excluding carboxylic acids is 1. The van der Waals surface area contributed by atoms with Gasteiger partial charge in [0.15, 0.2) is 0 Å². The minimum atomic E-state index is -0.969. The highest BCUT2D eigenvalue weighted by atomic mass is 32.2. The molecule has 1 aliphatic rings. The Morgan fingerprint density at radius 3 is 2.85 bits per heavy atom. The summed E-state index contributed by atoms with van der Waals surface area (Å²) in [6.07, 6.45) is 3.96. The maximum Gasteiger partial charge on any atom is 0.305 e. The first-order valence-electron chi connectivity index (χ1n) is 7.93. The second kappa shape index (κ2) is 7.72. The second-order valence-electron chi connectivity index (χ2n) is 5.68. The number of benzene rings is 1. The van der Waals surface area contributed by atoms with Gasteiger partial charge in [-0.1, -0.05) is 42.2 Å². The Bertz CT molecular complexity index is 972. The molecule has 1 aromatic heterocycles. The van der Waals surface area contributed by atoms with E-state index in [1.165, 1.54) is 16.7 Å². The molecule has 2 aromatic rings. The molecule has 0 aliphatic carbocycles. The van der Waals surface area contributed by atoms with E-state index in [0.717, 1.165) is 16.5 Å². The fraction of sp³-hybridized carbons (Fsp3) is 0.222. The number of aryl methyl sites for hydroxylation is 1. The van der Waals surface area contributed by atoms with Crippen molar-refractivity contribution in [3.63, 3.8) is 0 Å². The number of hydrogen-bond acceptors (Lipinski definition) is 5. The number of aromatic nitrogens is 1. The van der Waals surface area contributed by atoms with Crippen LogP contribution in [0.5, 0.6) is 0 Å². The average molecular weight is 385 g/mol. The molecule has 3 rings (SSSR count). The van der Waals surface area contributed by atoms with E-state index in [1.54, 1.807) is 6.08 Å². The van der Waals surface area contributed by atoms with Crippen LogP contribution < -0.4 is 0 Å². The molecule has 1 fully saturated rings. The van der Waals surface area contributed by atoms with Crippen molar-refractivity contribution in [2.75, 3.05) is 6.54 Å². The molecule has 26 heavy (non-hydrogen) atoms. The molecule has 1 aromatic carbocycles. The summed E-state index contributed by atoms with van der Waals surface area (Å²) in [6, 6.07) is 9.93. The van der Waals surface area contributed by atoms with Crippen LogP contribution in [0.15, 0.2) is 35.4 Å². The van der Waals surface area contributed by atoms with Gasteiger partial charge in [0.05, 0.1) is 23.8 Å². The number of nitriles is 1. The Labute approximate surface area is 159 Å². The lowest BCUT2D eigenvalue weighted by Gasteiger charge is -2.12. The molecule has 1 amide bonds. The lowest BCUT2D eigenvalue weighted by Crippen LogP contribution is -2.30. The quantitative estimate of drug-likeness (QED) is 0.607. The number of thioether (sulfide) groups is 1. The van der Waals surface area contributed by atoms with Crippen molar-refractivity contribution in [2.45, 2.75) is 19.4 Å². The maximum atomic E-state index is 12.6. The van der Waals surface area contributed by atoms with Gasteiger partial charge in [-0.15, -0.1) is 0 Å². The Morgan fingerprint density at radius 2 is 2.12 bits per heavy atom. The minimum absolute atomic E-state index is 0.0707. The number of thiocarbonyl (C=S) groups is 1. The molecule has 0 saturated carbocycles. The van der Waals surface area contributed by atoms with Crippen molar-refractivity contribution < 1.29 is 14.7 Å². The number of para-hydroxylation sites is 1. The van der Waals surface area contributed by atoms with Gasteiger partial charge >= 0.3 is 5.97 Å². The molecular formula is C18H15N3O3S2. The van der Waals surface area contributed by atoms with E-state index in [2.05, 4.69) is 6.07 Å². The van der Waals surface area contributed by atoms with Crippen LogP contribution in [0.2, 0.25) is 0 Å². The number of carboxylic acid groups (broad SMARTS) is 1. The molecule has 0 radical (unpaired) electrons. The minimum Gasteiger partial charge on any atom is -0.481 e. The van der Waals surface area contributed by atoms with Gasteiger partial charge in [-0.3, -0.25) is 14.5 Å². The van der Waals surface area contributed by atoms with Crippen LogP contribution in [-0.4, -0.2) is 37.3 Å². The first-order valence-corrected chi connectivity index (χ1v) is 9.15. The summed E-state index contributed by atoms with van der Waals surface area (Å²) in [6.45, 7) is 0.645. The Morgan fingerprint density at radius 1 is 1.35 bits per heavy atom. The third kappa shape index (κ3) is 3.64. The van der Waals surface area contributed by atoms with Gasteiger partial charge in [0.1, 0.15) is 4.32 Å². The summed E-state index contributed by atoms with van der Waals surface area (Å²) in [7, 11) is 0. The predicted octanol–water partition coefficient (Wildman–Crippen LogP) is 3.23. The van der Waals surface area contributed by atoms with Gasteiger partial charge in [-0.05, 0) is 12.1 Å². The molecule has 6 nitrogen and oxygen atoms in total. The smallest absolute Gasteiger partial charge is 0.305 e. The van der Waals surface area contributed by atoms with Crippen LogP contribution >= 0.6 is 24.0 Å². The normalized spacial score (nSPS) is 15.8. The van der Waals surface area contributed by atoms with Crippen molar-refractivity contribution in [2.24, 2.45) is 0 Å². The van der Waals surface area contributed by atoms with Crippen LogP contribution in [0.1, 0.15) is 18.4 Å². The van der Waals surface area contributed by atoms with Crippen molar-refractivity contribution in [1.29, 1.82) is 5.26 Å². The van der Waals surface area contributed by atoms with Gasteiger partial charge in [0.2, 0.25) is 0 Å². The van der Waals surface area contributed by atoms with Crippen molar-refractivity contribution >= 4 is 57.2 Å². The van der Waals surface area contributed by atoms with Crippen molar-refractivity contribution in [3.05, 3.63) is 40.9 Å². The van der Waals surface area contributed by atoms with E-state index in [-0.39, 0.29) is 18.9 Å². The van der Waals surface area contributed by atoms with Gasteiger partial charge in [-0.25, -0.2) is 0 Å². The number of fused-ring (bicyclic) bond motifs is 1. The van der Waals surface area contributed by atoms with E-state index >= 15 is 0 Å². The van der Waals surface area contributed by atoms with E-state index in [1.807, 2.05) is 35.0 Å². The molecule has 0 bridgehead atoms. The zero-order valence-electron chi connectivity index (χ0n) is 13.7. The summed E-state index contributed by atoms with van der Waals surface area (Å²) < 4.78 is 2.37. The van der Waals surface area contributed by atoms with E-state index < -0.39 is 5.97 Å². The number of amides is 1. The molecule has 0 atom stereocenters. The zero-order valence-corrected chi connectivity index (χ0v) is 15.3. The fourth-order valence-electron chi connectivity index (χ4n) is 2.79. The number of carboxylic acids is 1. The molecular weight excluding hydrogens is 370 g/mol. The van der Waals surface area contributed by atoms with Crippen molar-refractivity contribution in [1.82, 2.24) is 9.47 Å². The van der Waals surface area contributed by atoms with E-state index in [4.69, 9.17) is 22.6 Å². The molecule has 1 aliphatic heterocycles. The third-order valence-electron chi connectivity index (χ3n) is 3.99. The van der Waals surface area contributed by atoms with Gasteiger partial charge in [-0.2, -0.15) is 5.26 Å². The van der Waals surface area contributed by atoms with E-state index in [0.29, 0.717) is 22.2 Å². The van der Waals surface area contributed by atoms with Crippen LogP contribution in [0.25, 0.3) is 17.0 Å². The second-order valence-corrected chi connectivity index (χ2v) is 7.36. The molecule has 2 heterocycles. The number of hydrogen-bond donors (Lipinski definition) is 1. The average Bonchev–Trinajstić information content (AvgIpc) is 3.09. The standard InChI is InChI=1S/C18H15N3O3S2/c19-7-3-8-20-11-12(13-4-1-2-5-14(13)20)10-15-17(24)21(18(25)26-15)9-6-16(22)23/h1-2,4-5,10-11H,3,6,8-9H2,(H,22,23)/b15-10-. The summed E-state index contributed by atoms with van der Waals surface area (Å²) >= 11 is 6.39. The van der Waals surface area contributed by atoms with E-state index in [9.17, 15) is 9.59 Å². The number of carbonyl (C=O) groups is 2. The number of nitrogens with zero attached hydrogens (tertiary/aromatic N) is 3. The summed E-state index contributed by atoms with van der Waals surface area (Å²) in [5.41, 5.74) is 1.87. The SMILES string of the molecule is N#CCCn1cc(/C=C2\SC(=S)N(CCC(=O)O)C2=O)c2ccccc21. The van der Waals surface area contributed by atoms with Crippen LogP contribution in [0.3, 0.4) is 0 Å². The molecule has 0 unspecified atom stereocenters. The zero-order chi connectivity index (χ0) is 18.7. The molecule has 0 spiro atoms. The molecule has 8 heteroatoms.